The fourth-order valence-corrected chi connectivity index (χ4v) is 2.07. The van der Waals surface area contributed by atoms with Crippen molar-refractivity contribution in [1.29, 1.82) is 0 Å². The largest absolute Gasteiger partial charge is 0.507 e. The molecule has 0 unspecified atom stereocenters. The molecule has 132 valence electrons. The number of hydrazone groups is 1. The SMILES string of the molecule is CC(C)Oc1ccc(/C=N\NC(=O)CNc2ccc(Cl)cc2)c(O)c1. The topological polar surface area (TPSA) is 83.0 Å². The van der Waals surface area contributed by atoms with Crippen LogP contribution in [0.15, 0.2) is 47.6 Å². The van der Waals surface area contributed by atoms with Crippen molar-refractivity contribution in [3.05, 3.63) is 53.1 Å². The summed E-state index contributed by atoms with van der Waals surface area (Å²) in [5.74, 6) is 0.279. The number of carbonyl (C=O) groups is 1. The summed E-state index contributed by atoms with van der Waals surface area (Å²) in [6.45, 7) is 3.87. The molecule has 7 heteroatoms. The highest BCUT2D eigenvalue weighted by Crippen LogP contribution is 2.23. The number of nitrogens with one attached hydrogen (secondary N) is 2. The van der Waals surface area contributed by atoms with Crippen LogP contribution in [0.1, 0.15) is 19.4 Å². The van der Waals surface area contributed by atoms with Gasteiger partial charge in [-0.25, -0.2) is 5.43 Å². The summed E-state index contributed by atoms with van der Waals surface area (Å²) < 4.78 is 5.48. The predicted molar refractivity (Wildman–Crippen MR) is 99.5 cm³/mol. The van der Waals surface area contributed by atoms with Crippen LogP contribution in [0.5, 0.6) is 11.5 Å². The van der Waals surface area contributed by atoms with Gasteiger partial charge in [-0.15, -0.1) is 0 Å². The average molecular weight is 362 g/mol. The van der Waals surface area contributed by atoms with Crippen LogP contribution in [0.4, 0.5) is 5.69 Å². The van der Waals surface area contributed by atoms with Crippen LogP contribution in [0.3, 0.4) is 0 Å². The lowest BCUT2D eigenvalue weighted by atomic mass is 10.2. The Kier molecular flexibility index (Phi) is 6.65. The van der Waals surface area contributed by atoms with E-state index in [1.54, 1.807) is 36.4 Å². The Morgan fingerprint density at radius 3 is 2.64 bits per heavy atom. The Bertz CT molecular complexity index is 746. The van der Waals surface area contributed by atoms with Gasteiger partial charge in [-0.3, -0.25) is 4.79 Å². The van der Waals surface area contributed by atoms with Crippen molar-refractivity contribution in [2.75, 3.05) is 11.9 Å². The highest BCUT2D eigenvalue weighted by atomic mass is 35.5. The van der Waals surface area contributed by atoms with Crippen LogP contribution in [-0.4, -0.2) is 29.9 Å². The highest BCUT2D eigenvalue weighted by molar-refractivity contribution is 6.30. The summed E-state index contributed by atoms with van der Waals surface area (Å²) in [5.41, 5.74) is 3.64. The molecule has 0 aliphatic heterocycles. The number of halogens is 1. The number of aromatic hydroxyl groups is 1. The molecule has 1 amide bonds. The van der Waals surface area contributed by atoms with Crippen LogP contribution < -0.4 is 15.5 Å². The van der Waals surface area contributed by atoms with Crippen LogP contribution in [-0.2, 0) is 4.79 Å². The van der Waals surface area contributed by atoms with Crippen molar-refractivity contribution in [3.8, 4) is 11.5 Å². The quantitative estimate of drug-likeness (QED) is 0.521. The van der Waals surface area contributed by atoms with Crippen molar-refractivity contribution in [3.63, 3.8) is 0 Å². The zero-order chi connectivity index (χ0) is 18.2. The van der Waals surface area contributed by atoms with E-state index in [1.807, 2.05) is 13.8 Å². The fourth-order valence-electron chi connectivity index (χ4n) is 1.94. The minimum absolute atomic E-state index is 0.0198. The number of carbonyl (C=O) groups excluding carboxylic acids is 1. The second-order valence-electron chi connectivity index (χ2n) is 5.54. The molecule has 0 fully saturated rings. The summed E-state index contributed by atoms with van der Waals surface area (Å²) in [5, 5.41) is 17.3. The Balaban J connectivity index is 1.83. The van der Waals surface area contributed by atoms with Crippen molar-refractivity contribution < 1.29 is 14.6 Å². The molecule has 0 aromatic heterocycles. The smallest absolute Gasteiger partial charge is 0.259 e. The maximum atomic E-state index is 11.7. The van der Waals surface area contributed by atoms with Gasteiger partial charge in [0.05, 0.1) is 18.9 Å². The number of rotatable bonds is 7. The van der Waals surface area contributed by atoms with Gasteiger partial charge in [0, 0.05) is 22.3 Å². The Morgan fingerprint density at radius 1 is 1.28 bits per heavy atom. The van der Waals surface area contributed by atoms with Crippen molar-refractivity contribution in [2.24, 2.45) is 5.10 Å². The summed E-state index contributed by atoms with van der Waals surface area (Å²) in [6, 6.07) is 11.9. The molecule has 0 aliphatic rings. The number of anilines is 1. The molecule has 0 bridgehead atoms. The summed E-state index contributed by atoms with van der Waals surface area (Å²) >= 11 is 5.79. The number of nitrogens with zero attached hydrogens (tertiary/aromatic N) is 1. The third-order valence-corrected chi connectivity index (χ3v) is 3.32. The standard InChI is InChI=1S/C18H20ClN3O3/c1-12(2)25-16-8-3-13(17(23)9-16)10-21-22-18(24)11-20-15-6-4-14(19)5-7-15/h3-10,12,20,23H,11H2,1-2H3,(H,22,24)/b21-10-. The van der Waals surface area contributed by atoms with E-state index in [-0.39, 0.29) is 24.3 Å². The molecule has 0 radical (unpaired) electrons. The Labute approximate surface area is 151 Å². The van der Waals surface area contributed by atoms with E-state index in [4.69, 9.17) is 16.3 Å². The van der Waals surface area contributed by atoms with E-state index in [0.29, 0.717) is 16.3 Å². The first-order valence-electron chi connectivity index (χ1n) is 7.75. The number of hydrogen-bond acceptors (Lipinski definition) is 5. The van der Waals surface area contributed by atoms with Crippen molar-refractivity contribution in [2.45, 2.75) is 20.0 Å². The second kappa shape index (κ2) is 8.94. The molecule has 6 nitrogen and oxygen atoms in total. The summed E-state index contributed by atoms with van der Waals surface area (Å²) in [6.07, 6.45) is 1.39. The maximum Gasteiger partial charge on any atom is 0.259 e. The number of phenols is 1. The van der Waals surface area contributed by atoms with Crippen LogP contribution in [0, 0.1) is 0 Å². The normalized spacial score (nSPS) is 10.9. The molecule has 0 heterocycles. The zero-order valence-corrected chi connectivity index (χ0v) is 14.7. The van der Waals surface area contributed by atoms with Gasteiger partial charge in [-0.2, -0.15) is 5.10 Å². The molecule has 0 saturated carbocycles. The highest BCUT2D eigenvalue weighted by Gasteiger charge is 2.04. The lowest BCUT2D eigenvalue weighted by Gasteiger charge is -2.10. The Hall–Kier alpha value is -2.73. The van der Waals surface area contributed by atoms with Gasteiger partial charge in [0.25, 0.3) is 5.91 Å². The second-order valence-corrected chi connectivity index (χ2v) is 5.98. The molecule has 2 aromatic rings. The molecule has 0 aliphatic carbocycles. The Morgan fingerprint density at radius 2 is 2.00 bits per heavy atom. The molecule has 2 rings (SSSR count). The van der Waals surface area contributed by atoms with Crippen molar-refractivity contribution >= 4 is 29.4 Å². The maximum absolute atomic E-state index is 11.7. The molecule has 0 saturated heterocycles. The van der Waals surface area contributed by atoms with Gasteiger partial charge < -0.3 is 15.2 Å². The molecule has 0 atom stereocenters. The molecular weight excluding hydrogens is 342 g/mol. The van der Waals surface area contributed by atoms with Gasteiger partial charge in [-0.1, -0.05) is 11.6 Å². The van der Waals surface area contributed by atoms with E-state index in [0.717, 1.165) is 5.69 Å². The summed E-state index contributed by atoms with van der Waals surface area (Å²) in [4.78, 5) is 11.7. The number of ether oxygens (including phenoxy) is 1. The fraction of sp³-hybridized carbons (Fsp3) is 0.222. The first-order chi connectivity index (χ1) is 11.9. The van der Waals surface area contributed by atoms with Gasteiger partial charge >= 0.3 is 0 Å². The monoisotopic (exact) mass is 361 g/mol. The van der Waals surface area contributed by atoms with Crippen LogP contribution >= 0.6 is 11.6 Å². The summed E-state index contributed by atoms with van der Waals surface area (Å²) in [7, 11) is 0. The number of benzene rings is 2. The minimum Gasteiger partial charge on any atom is -0.507 e. The van der Waals surface area contributed by atoms with Gasteiger partial charge in [0.1, 0.15) is 11.5 Å². The molecule has 0 spiro atoms. The third kappa shape index (κ3) is 6.35. The predicted octanol–water partition coefficient (Wildman–Crippen LogP) is 3.40. The minimum atomic E-state index is -0.314. The average Bonchev–Trinajstić information content (AvgIpc) is 2.56. The van der Waals surface area contributed by atoms with E-state index >= 15 is 0 Å². The lowest BCUT2D eigenvalue weighted by Crippen LogP contribution is -2.25. The number of amides is 1. The molecule has 2 aromatic carbocycles. The van der Waals surface area contributed by atoms with Crippen molar-refractivity contribution in [1.82, 2.24) is 5.43 Å². The van der Waals surface area contributed by atoms with Crippen LogP contribution in [0.2, 0.25) is 5.02 Å². The zero-order valence-electron chi connectivity index (χ0n) is 14.0. The first kappa shape index (κ1) is 18.6. The van der Waals surface area contributed by atoms with E-state index in [2.05, 4.69) is 15.8 Å². The number of phenolic OH excluding ortho intramolecular Hbond substituents is 1. The van der Waals surface area contributed by atoms with Crippen LogP contribution in [0.25, 0.3) is 0 Å². The molecule has 3 N–H and O–H groups in total. The van der Waals surface area contributed by atoms with Gasteiger partial charge in [-0.05, 0) is 50.2 Å². The van der Waals surface area contributed by atoms with Gasteiger partial charge in [0.15, 0.2) is 0 Å². The third-order valence-electron chi connectivity index (χ3n) is 3.06. The van der Waals surface area contributed by atoms with E-state index in [1.165, 1.54) is 12.3 Å². The molecule has 25 heavy (non-hydrogen) atoms. The van der Waals surface area contributed by atoms with Gasteiger partial charge in [0.2, 0.25) is 0 Å². The number of hydrogen-bond donors (Lipinski definition) is 3. The molecular formula is C18H20ClN3O3. The first-order valence-corrected chi connectivity index (χ1v) is 8.13. The lowest BCUT2D eigenvalue weighted by molar-refractivity contribution is -0.119. The van der Waals surface area contributed by atoms with E-state index in [9.17, 15) is 9.90 Å². The van der Waals surface area contributed by atoms with E-state index < -0.39 is 0 Å².